The van der Waals surface area contributed by atoms with Crippen LogP contribution >= 0.6 is 0 Å². The lowest BCUT2D eigenvalue weighted by Crippen LogP contribution is -2.42. The van der Waals surface area contributed by atoms with Crippen LogP contribution in [0.5, 0.6) is 0 Å². The summed E-state index contributed by atoms with van der Waals surface area (Å²) >= 11 is 0. The summed E-state index contributed by atoms with van der Waals surface area (Å²) in [5, 5.41) is 4.90. The number of anilines is 1. The number of benzene rings is 2. The van der Waals surface area contributed by atoms with Crippen LogP contribution in [0.4, 0.5) is 14.5 Å². The average Bonchev–Trinajstić information content (AvgIpc) is 2.58. The topological polar surface area (TPSA) is 58.2 Å². The Labute approximate surface area is 144 Å². The molecule has 1 unspecified atom stereocenters. The molecule has 0 aliphatic carbocycles. The predicted molar refractivity (Wildman–Crippen MR) is 92.7 cm³/mol. The quantitative estimate of drug-likeness (QED) is 0.816. The Morgan fingerprint density at radius 1 is 1.00 bits per heavy atom. The van der Waals surface area contributed by atoms with Crippen LogP contribution in [0.2, 0.25) is 0 Å². The molecule has 2 N–H and O–H groups in total. The number of hydrogen-bond acceptors (Lipinski definition) is 2. The highest BCUT2D eigenvalue weighted by Gasteiger charge is 2.17. The largest absolute Gasteiger partial charge is 0.341 e. The van der Waals surface area contributed by atoms with Crippen molar-refractivity contribution in [2.45, 2.75) is 19.9 Å². The van der Waals surface area contributed by atoms with Gasteiger partial charge in [-0.2, -0.15) is 0 Å². The molecule has 0 radical (unpaired) electrons. The van der Waals surface area contributed by atoms with Gasteiger partial charge >= 0.3 is 0 Å². The molecule has 4 nitrogen and oxygen atoms in total. The fourth-order valence-electron chi connectivity index (χ4n) is 2.07. The lowest BCUT2D eigenvalue weighted by molar-refractivity contribution is -0.123. The zero-order valence-electron chi connectivity index (χ0n) is 13.8. The second-order valence-corrected chi connectivity index (χ2v) is 5.51. The molecule has 0 saturated heterocycles. The number of para-hydroxylation sites is 1. The Balaban J connectivity index is 2.00. The monoisotopic (exact) mass is 344 g/mol. The van der Waals surface area contributed by atoms with Crippen molar-refractivity contribution in [3.8, 4) is 0 Å². The summed E-state index contributed by atoms with van der Waals surface area (Å²) in [4.78, 5) is 24.2. The molecule has 1 atom stereocenters. The molecule has 0 fully saturated rings. The Kier molecular flexibility index (Phi) is 6.00. The first-order chi connectivity index (χ1) is 11.9. The number of amides is 2. The van der Waals surface area contributed by atoms with E-state index >= 15 is 0 Å². The van der Waals surface area contributed by atoms with E-state index in [9.17, 15) is 18.4 Å². The van der Waals surface area contributed by atoms with Gasteiger partial charge in [0.1, 0.15) is 17.7 Å². The van der Waals surface area contributed by atoms with E-state index in [1.165, 1.54) is 44.2 Å². The lowest BCUT2D eigenvalue weighted by Gasteiger charge is -2.14. The zero-order valence-corrected chi connectivity index (χ0v) is 13.8. The molecule has 0 spiro atoms. The van der Waals surface area contributed by atoms with E-state index in [-0.39, 0.29) is 16.8 Å². The van der Waals surface area contributed by atoms with Crippen LogP contribution in [-0.2, 0) is 9.59 Å². The van der Waals surface area contributed by atoms with Crippen molar-refractivity contribution in [2.24, 2.45) is 0 Å². The molecule has 130 valence electrons. The maximum atomic E-state index is 13.6. The van der Waals surface area contributed by atoms with E-state index < -0.39 is 29.5 Å². The van der Waals surface area contributed by atoms with Crippen molar-refractivity contribution in [1.29, 1.82) is 0 Å². The van der Waals surface area contributed by atoms with Gasteiger partial charge in [-0.05, 0) is 38.1 Å². The van der Waals surface area contributed by atoms with Gasteiger partial charge in [0.2, 0.25) is 11.8 Å². The minimum atomic E-state index is -0.893. The third-order valence-corrected chi connectivity index (χ3v) is 3.51. The minimum Gasteiger partial charge on any atom is -0.341 e. The van der Waals surface area contributed by atoms with E-state index in [2.05, 4.69) is 10.6 Å². The SMILES string of the molecule is C/C(=C\c1ccccc1F)C(=O)NC(C)C(=O)Nc1ccccc1F. The van der Waals surface area contributed by atoms with E-state index in [0.717, 1.165) is 0 Å². The first-order valence-electron chi connectivity index (χ1n) is 7.67. The third-order valence-electron chi connectivity index (χ3n) is 3.51. The van der Waals surface area contributed by atoms with Crippen LogP contribution in [0.25, 0.3) is 6.08 Å². The van der Waals surface area contributed by atoms with Crippen LogP contribution in [0.3, 0.4) is 0 Å². The molecule has 0 aliphatic heterocycles. The summed E-state index contributed by atoms with van der Waals surface area (Å²) in [7, 11) is 0. The van der Waals surface area contributed by atoms with E-state index in [0.29, 0.717) is 0 Å². The Hall–Kier alpha value is -3.02. The van der Waals surface area contributed by atoms with Crippen molar-refractivity contribution >= 4 is 23.6 Å². The second-order valence-electron chi connectivity index (χ2n) is 5.51. The number of carbonyl (C=O) groups excluding carboxylic acids is 2. The van der Waals surface area contributed by atoms with Crippen molar-refractivity contribution in [2.75, 3.05) is 5.32 Å². The standard InChI is InChI=1S/C19H18F2N2O2/c1-12(11-14-7-3-4-8-15(14)20)18(24)22-13(2)19(25)23-17-10-6-5-9-16(17)21/h3-11,13H,1-2H3,(H,22,24)(H,23,25)/b12-11+. The fraction of sp³-hybridized carbons (Fsp3) is 0.158. The number of rotatable bonds is 5. The van der Waals surface area contributed by atoms with Gasteiger partial charge in [0, 0.05) is 11.1 Å². The molecule has 0 saturated carbocycles. The maximum Gasteiger partial charge on any atom is 0.247 e. The number of carbonyl (C=O) groups is 2. The van der Waals surface area contributed by atoms with Crippen molar-refractivity contribution in [1.82, 2.24) is 5.32 Å². The van der Waals surface area contributed by atoms with Crippen LogP contribution in [0.1, 0.15) is 19.4 Å². The smallest absolute Gasteiger partial charge is 0.247 e. The highest BCUT2D eigenvalue weighted by Crippen LogP contribution is 2.13. The third kappa shape index (κ3) is 4.97. The second kappa shape index (κ2) is 8.19. The highest BCUT2D eigenvalue weighted by molar-refractivity contribution is 6.02. The number of halogens is 2. The van der Waals surface area contributed by atoms with Gasteiger partial charge in [0.15, 0.2) is 0 Å². The molecular formula is C19H18F2N2O2. The van der Waals surface area contributed by atoms with Crippen molar-refractivity contribution in [3.05, 3.63) is 71.3 Å². The maximum absolute atomic E-state index is 13.6. The highest BCUT2D eigenvalue weighted by atomic mass is 19.1. The summed E-state index contributed by atoms with van der Waals surface area (Å²) in [5.74, 6) is -2.08. The first-order valence-corrected chi connectivity index (χ1v) is 7.67. The number of hydrogen-bond donors (Lipinski definition) is 2. The molecule has 2 aromatic carbocycles. The van der Waals surface area contributed by atoms with Gasteiger partial charge in [-0.3, -0.25) is 9.59 Å². The van der Waals surface area contributed by atoms with E-state index in [1.54, 1.807) is 24.3 Å². The van der Waals surface area contributed by atoms with E-state index in [1.807, 2.05) is 0 Å². The Morgan fingerprint density at radius 2 is 1.60 bits per heavy atom. The molecule has 2 aromatic rings. The van der Waals surface area contributed by atoms with Crippen LogP contribution in [0, 0.1) is 11.6 Å². The minimum absolute atomic E-state index is 0.0345. The van der Waals surface area contributed by atoms with Gasteiger partial charge in [-0.15, -0.1) is 0 Å². The normalized spacial score (nSPS) is 12.4. The van der Waals surface area contributed by atoms with Gasteiger partial charge in [-0.1, -0.05) is 30.3 Å². The van der Waals surface area contributed by atoms with Crippen LogP contribution in [0.15, 0.2) is 54.1 Å². The molecule has 25 heavy (non-hydrogen) atoms. The summed E-state index contributed by atoms with van der Waals surface area (Å²) in [5.41, 5.74) is 0.557. The lowest BCUT2D eigenvalue weighted by atomic mass is 10.1. The summed E-state index contributed by atoms with van der Waals surface area (Å²) in [6.45, 7) is 2.99. The molecule has 0 bridgehead atoms. The van der Waals surface area contributed by atoms with E-state index in [4.69, 9.17) is 0 Å². The predicted octanol–water partition coefficient (Wildman–Crippen LogP) is 3.51. The molecule has 0 aromatic heterocycles. The average molecular weight is 344 g/mol. The van der Waals surface area contributed by atoms with Gasteiger partial charge in [-0.25, -0.2) is 8.78 Å². The molecular weight excluding hydrogens is 326 g/mol. The van der Waals surface area contributed by atoms with Crippen molar-refractivity contribution in [3.63, 3.8) is 0 Å². The summed E-state index contributed by atoms with van der Waals surface area (Å²) < 4.78 is 27.1. The number of nitrogens with one attached hydrogen (secondary N) is 2. The first kappa shape index (κ1) is 18.3. The van der Waals surface area contributed by atoms with Gasteiger partial charge < -0.3 is 10.6 Å². The summed E-state index contributed by atoms with van der Waals surface area (Å²) in [6, 6.07) is 10.9. The fourth-order valence-corrected chi connectivity index (χ4v) is 2.07. The molecule has 0 heterocycles. The molecule has 0 aliphatic rings. The van der Waals surface area contributed by atoms with Crippen LogP contribution in [-0.4, -0.2) is 17.9 Å². The molecule has 2 rings (SSSR count). The Bertz CT molecular complexity index is 819. The van der Waals surface area contributed by atoms with Gasteiger partial charge in [0.05, 0.1) is 5.69 Å². The van der Waals surface area contributed by atoms with Crippen molar-refractivity contribution < 1.29 is 18.4 Å². The Morgan fingerprint density at radius 3 is 2.24 bits per heavy atom. The van der Waals surface area contributed by atoms with Gasteiger partial charge in [0.25, 0.3) is 0 Å². The van der Waals surface area contributed by atoms with Crippen LogP contribution < -0.4 is 10.6 Å². The summed E-state index contributed by atoms with van der Waals surface area (Å²) in [6.07, 6.45) is 1.39. The molecule has 2 amide bonds. The molecule has 6 heteroatoms. The zero-order chi connectivity index (χ0) is 18.4.